The van der Waals surface area contributed by atoms with Gasteiger partial charge in [-0.15, -0.1) is 0 Å². The number of ether oxygens (including phenoxy) is 1. The minimum atomic E-state index is -1.76. The third-order valence-corrected chi connectivity index (χ3v) is 2.81. The van der Waals surface area contributed by atoms with E-state index in [0.717, 1.165) is 0 Å². The highest BCUT2D eigenvalue weighted by Gasteiger charge is 2.33. The van der Waals surface area contributed by atoms with Gasteiger partial charge in [0.15, 0.2) is 11.6 Å². The van der Waals surface area contributed by atoms with Crippen LogP contribution in [-0.2, 0) is 0 Å². The smallest absolute Gasteiger partial charge is 0.325 e. The highest BCUT2D eigenvalue weighted by Crippen LogP contribution is 2.43. The van der Waals surface area contributed by atoms with Gasteiger partial charge in [0.25, 0.3) is 11.4 Å². The Morgan fingerprint density at radius 3 is 1.76 bits per heavy atom. The van der Waals surface area contributed by atoms with Crippen LogP contribution in [-0.4, -0.2) is 14.8 Å². The maximum absolute atomic E-state index is 13.6. The first-order valence-electron chi connectivity index (χ1n) is 6.05. The maximum Gasteiger partial charge on any atom is 0.325 e. The van der Waals surface area contributed by atoms with Crippen molar-refractivity contribution in [3.8, 4) is 11.5 Å². The molecular weight excluding hydrogens is 355 g/mol. The number of non-ortho nitro benzene ring substituents is 1. The summed E-state index contributed by atoms with van der Waals surface area (Å²) in [5, 5.41) is 32.8. The Labute approximate surface area is 134 Å². The van der Waals surface area contributed by atoms with Crippen LogP contribution in [0, 0.1) is 47.8 Å². The van der Waals surface area contributed by atoms with Crippen LogP contribution in [0.25, 0.3) is 0 Å². The van der Waals surface area contributed by atoms with E-state index in [0.29, 0.717) is 18.2 Å². The minimum absolute atomic E-state index is 0.154. The predicted molar refractivity (Wildman–Crippen MR) is 72.8 cm³/mol. The van der Waals surface area contributed by atoms with Crippen molar-refractivity contribution in [2.75, 3.05) is 0 Å². The summed E-state index contributed by atoms with van der Waals surface area (Å²) in [7, 11) is 0. The van der Waals surface area contributed by atoms with Gasteiger partial charge >= 0.3 is 11.4 Å². The molecule has 0 heterocycles. The Morgan fingerprint density at radius 1 is 0.800 bits per heavy atom. The summed E-state index contributed by atoms with van der Waals surface area (Å²) >= 11 is 0. The molecule has 0 fully saturated rings. The average Bonchev–Trinajstić information content (AvgIpc) is 2.51. The second-order valence-corrected chi connectivity index (χ2v) is 4.39. The van der Waals surface area contributed by atoms with Crippen LogP contribution < -0.4 is 4.74 Å². The molecule has 25 heavy (non-hydrogen) atoms. The van der Waals surface area contributed by atoms with Crippen LogP contribution in [0.2, 0.25) is 0 Å². The fourth-order valence-electron chi connectivity index (χ4n) is 1.78. The second kappa shape index (κ2) is 6.38. The van der Waals surface area contributed by atoms with Gasteiger partial charge in [0, 0.05) is 12.1 Å². The zero-order valence-corrected chi connectivity index (χ0v) is 11.6. The van der Waals surface area contributed by atoms with Crippen molar-refractivity contribution in [2.45, 2.75) is 0 Å². The number of benzene rings is 2. The molecule has 0 aliphatic heterocycles. The lowest BCUT2D eigenvalue weighted by atomic mass is 10.2. The molecule has 0 aliphatic rings. The summed E-state index contributed by atoms with van der Waals surface area (Å²) < 4.78 is 44.6. The van der Waals surface area contributed by atoms with Gasteiger partial charge in [0.1, 0.15) is 5.82 Å². The Hall–Kier alpha value is -3.77. The third-order valence-electron chi connectivity index (χ3n) is 2.81. The first-order chi connectivity index (χ1) is 11.6. The third kappa shape index (κ3) is 3.44. The molecule has 2 rings (SSSR count). The molecule has 0 atom stereocenters. The van der Waals surface area contributed by atoms with Crippen molar-refractivity contribution in [3.63, 3.8) is 0 Å². The molecule has 2 aromatic carbocycles. The normalized spacial score (nSPS) is 10.4. The molecule has 0 aliphatic carbocycles. The quantitative estimate of drug-likeness (QED) is 0.451. The van der Waals surface area contributed by atoms with Crippen LogP contribution in [0.3, 0.4) is 0 Å². The Bertz CT molecular complexity index is 884. The molecule has 0 saturated heterocycles. The van der Waals surface area contributed by atoms with E-state index in [1.54, 1.807) is 0 Å². The van der Waals surface area contributed by atoms with Gasteiger partial charge in [0.2, 0.25) is 5.82 Å². The molecule has 130 valence electrons. The van der Waals surface area contributed by atoms with Crippen molar-refractivity contribution in [1.29, 1.82) is 0 Å². The van der Waals surface area contributed by atoms with Crippen molar-refractivity contribution in [3.05, 3.63) is 72.1 Å². The Balaban J connectivity index is 2.73. The maximum atomic E-state index is 13.6. The van der Waals surface area contributed by atoms with Gasteiger partial charge < -0.3 is 4.74 Å². The van der Waals surface area contributed by atoms with Gasteiger partial charge in [-0.05, 0) is 0 Å². The van der Waals surface area contributed by atoms with Gasteiger partial charge in [-0.3, -0.25) is 30.3 Å². The fourth-order valence-corrected chi connectivity index (χ4v) is 1.78. The molecule has 0 amide bonds. The highest BCUT2D eigenvalue weighted by molar-refractivity contribution is 5.66. The van der Waals surface area contributed by atoms with E-state index >= 15 is 0 Å². The summed E-state index contributed by atoms with van der Waals surface area (Å²) in [5.74, 6) is -7.21. The molecule has 0 radical (unpaired) electrons. The first kappa shape index (κ1) is 17.6. The summed E-state index contributed by atoms with van der Waals surface area (Å²) in [6, 6.07) is 1.11. The number of hydrogen-bond donors (Lipinski definition) is 0. The number of rotatable bonds is 5. The highest BCUT2D eigenvalue weighted by atomic mass is 19.2. The van der Waals surface area contributed by atoms with Crippen molar-refractivity contribution < 1.29 is 32.7 Å². The van der Waals surface area contributed by atoms with E-state index in [1.165, 1.54) is 0 Å². The summed E-state index contributed by atoms with van der Waals surface area (Å²) in [5.41, 5.74) is -3.52. The lowest BCUT2D eigenvalue weighted by Gasteiger charge is -2.08. The second-order valence-electron chi connectivity index (χ2n) is 4.39. The van der Waals surface area contributed by atoms with Crippen LogP contribution in [0.15, 0.2) is 24.3 Å². The molecule has 0 N–H and O–H groups in total. The molecule has 13 heteroatoms. The van der Waals surface area contributed by atoms with E-state index in [9.17, 15) is 43.5 Å². The van der Waals surface area contributed by atoms with Crippen molar-refractivity contribution in [2.24, 2.45) is 0 Å². The summed E-state index contributed by atoms with van der Waals surface area (Å²) in [6.45, 7) is 0. The largest absolute Gasteiger partial charge is 0.441 e. The summed E-state index contributed by atoms with van der Waals surface area (Å²) in [6.07, 6.45) is 0. The van der Waals surface area contributed by atoms with E-state index in [-0.39, 0.29) is 6.07 Å². The molecule has 0 spiro atoms. The minimum Gasteiger partial charge on any atom is -0.441 e. The lowest BCUT2D eigenvalue weighted by Crippen LogP contribution is -2.02. The van der Waals surface area contributed by atoms with E-state index in [4.69, 9.17) is 0 Å². The number of nitro groups is 3. The first-order valence-corrected chi connectivity index (χ1v) is 6.05. The summed E-state index contributed by atoms with van der Waals surface area (Å²) in [4.78, 5) is 29.1. The van der Waals surface area contributed by atoms with E-state index in [2.05, 4.69) is 4.74 Å². The number of halogens is 3. The number of nitrogens with zero attached hydrogens (tertiary/aromatic N) is 3. The SMILES string of the molecule is O=[N+]([O-])c1cc([N+](=O)[O-])c(Oc2cc(F)cc(F)c2F)c([N+](=O)[O-])c1. The Kier molecular flexibility index (Phi) is 4.49. The number of nitro benzene ring substituents is 3. The monoisotopic (exact) mass is 359 g/mol. The zero-order valence-electron chi connectivity index (χ0n) is 11.6. The van der Waals surface area contributed by atoms with E-state index in [1.807, 2.05) is 0 Å². The Morgan fingerprint density at radius 2 is 1.32 bits per heavy atom. The molecule has 0 bridgehead atoms. The van der Waals surface area contributed by atoms with Crippen molar-refractivity contribution in [1.82, 2.24) is 0 Å². The van der Waals surface area contributed by atoms with Crippen LogP contribution in [0.4, 0.5) is 30.2 Å². The molecule has 10 nitrogen and oxygen atoms in total. The number of hydrogen-bond acceptors (Lipinski definition) is 7. The molecule has 0 aromatic heterocycles. The topological polar surface area (TPSA) is 139 Å². The average molecular weight is 359 g/mol. The fraction of sp³-hybridized carbons (Fsp3) is 0. The molecular formula is C12H4F3N3O7. The molecule has 2 aromatic rings. The predicted octanol–water partition coefficient (Wildman–Crippen LogP) is 3.62. The van der Waals surface area contributed by atoms with Gasteiger partial charge in [-0.1, -0.05) is 0 Å². The van der Waals surface area contributed by atoms with Crippen LogP contribution in [0.1, 0.15) is 0 Å². The standard InChI is InChI=1S/C12H4F3N3O7/c13-5-1-7(14)11(15)10(2-5)25-12-8(17(21)22)3-6(16(19)20)4-9(12)18(23)24/h1-4H. The van der Waals surface area contributed by atoms with Gasteiger partial charge in [-0.2, -0.15) is 4.39 Å². The van der Waals surface area contributed by atoms with Crippen LogP contribution >= 0.6 is 0 Å². The molecule has 0 unspecified atom stereocenters. The zero-order chi connectivity index (χ0) is 18.9. The van der Waals surface area contributed by atoms with Gasteiger partial charge in [0.05, 0.1) is 26.9 Å². The molecule has 0 saturated carbocycles. The van der Waals surface area contributed by atoms with Crippen molar-refractivity contribution >= 4 is 17.1 Å². The van der Waals surface area contributed by atoms with Crippen LogP contribution in [0.5, 0.6) is 11.5 Å². The lowest BCUT2D eigenvalue weighted by molar-refractivity contribution is -0.404. The van der Waals surface area contributed by atoms with E-state index < -0.39 is 60.8 Å². The van der Waals surface area contributed by atoms with Gasteiger partial charge in [-0.25, -0.2) is 8.78 Å².